The van der Waals surface area contributed by atoms with Crippen molar-refractivity contribution in [1.29, 1.82) is 0 Å². The van der Waals surface area contributed by atoms with E-state index < -0.39 is 5.60 Å². The Labute approximate surface area is 149 Å². The number of aromatic nitrogens is 1. The van der Waals surface area contributed by atoms with Crippen LogP contribution in [0.1, 0.15) is 40.9 Å². The van der Waals surface area contributed by atoms with Crippen LogP contribution in [0.4, 0.5) is 0 Å². The third kappa shape index (κ3) is 5.29. The molecule has 25 heavy (non-hydrogen) atoms. The summed E-state index contributed by atoms with van der Waals surface area (Å²) in [7, 11) is 1.69. The van der Waals surface area contributed by atoms with E-state index in [9.17, 15) is 9.90 Å². The molecule has 1 aromatic carbocycles. The highest BCUT2D eigenvalue weighted by molar-refractivity contribution is 5.94. The first-order chi connectivity index (χ1) is 11.7. The SMILES string of the molecule is Cc1cc(C(=O)N(C)CC(C)(C)O)cc(C)c1OCc1cccnc1. The Morgan fingerprint density at radius 1 is 1.28 bits per heavy atom. The number of hydrogen-bond acceptors (Lipinski definition) is 4. The van der Waals surface area contributed by atoms with E-state index >= 15 is 0 Å². The Hall–Kier alpha value is -2.40. The number of benzene rings is 1. The predicted molar refractivity (Wildman–Crippen MR) is 97.7 cm³/mol. The van der Waals surface area contributed by atoms with Gasteiger partial charge in [0, 0.05) is 37.1 Å². The van der Waals surface area contributed by atoms with E-state index in [4.69, 9.17) is 4.74 Å². The quantitative estimate of drug-likeness (QED) is 0.876. The third-order valence-corrected chi connectivity index (χ3v) is 3.78. The average molecular weight is 342 g/mol. The van der Waals surface area contributed by atoms with Crippen molar-refractivity contribution in [3.05, 3.63) is 58.9 Å². The van der Waals surface area contributed by atoms with E-state index in [1.165, 1.54) is 4.90 Å². The summed E-state index contributed by atoms with van der Waals surface area (Å²) in [4.78, 5) is 18.2. The van der Waals surface area contributed by atoms with E-state index in [1.54, 1.807) is 33.3 Å². The predicted octanol–water partition coefficient (Wildman–Crippen LogP) is 3.12. The summed E-state index contributed by atoms with van der Waals surface area (Å²) in [6.07, 6.45) is 3.50. The molecule has 0 saturated heterocycles. The number of amides is 1. The lowest BCUT2D eigenvalue weighted by molar-refractivity contribution is 0.0368. The zero-order valence-corrected chi connectivity index (χ0v) is 15.5. The molecule has 134 valence electrons. The highest BCUT2D eigenvalue weighted by Crippen LogP contribution is 2.26. The van der Waals surface area contributed by atoms with Crippen LogP contribution in [0.25, 0.3) is 0 Å². The number of carbonyl (C=O) groups excluding carboxylic acids is 1. The minimum absolute atomic E-state index is 0.118. The molecular formula is C20H26N2O3. The minimum atomic E-state index is -0.929. The van der Waals surface area contributed by atoms with Gasteiger partial charge in [-0.2, -0.15) is 0 Å². The molecule has 2 aromatic rings. The normalized spacial score (nSPS) is 11.3. The lowest BCUT2D eigenvalue weighted by Gasteiger charge is -2.26. The summed E-state index contributed by atoms with van der Waals surface area (Å²) >= 11 is 0. The van der Waals surface area contributed by atoms with Crippen molar-refractivity contribution in [1.82, 2.24) is 9.88 Å². The van der Waals surface area contributed by atoms with E-state index in [0.717, 1.165) is 22.4 Å². The van der Waals surface area contributed by atoms with Gasteiger partial charge in [-0.3, -0.25) is 9.78 Å². The largest absolute Gasteiger partial charge is 0.488 e. The van der Waals surface area contributed by atoms with Gasteiger partial charge in [-0.1, -0.05) is 6.07 Å². The maximum Gasteiger partial charge on any atom is 0.253 e. The second kappa shape index (κ2) is 7.66. The molecule has 0 aliphatic carbocycles. The van der Waals surface area contributed by atoms with Crippen molar-refractivity contribution in [2.75, 3.05) is 13.6 Å². The van der Waals surface area contributed by atoms with Crippen LogP contribution in [0.5, 0.6) is 5.75 Å². The molecule has 0 saturated carbocycles. The number of carbonyl (C=O) groups is 1. The first-order valence-electron chi connectivity index (χ1n) is 8.28. The molecule has 1 aromatic heterocycles. The van der Waals surface area contributed by atoms with Crippen molar-refractivity contribution in [3.8, 4) is 5.75 Å². The van der Waals surface area contributed by atoms with Gasteiger partial charge in [0.15, 0.2) is 0 Å². The van der Waals surface area contributed by atoms with Gasteiger partial charge in [0.05, 0.1) is 5.60 Å². The average Bonchev–Trinajstić information content (AvgIpc) is 2.52. The first-order valence-corrected chi connectivity index (χ1v) is 8.28. The van der Waals surface area contributed by atoms with Gasteiger partial charge in [0.25, 0.3) is 5.91 Å². The highest BCUT2D eigenvalue weighted by Gasteiger charge is 2.21. The Morgan fingerprint density at radius 3 is 2.44 bits per heavy atom. The molecular weight excluding hydrogens is 316 g/mol. The first kappa shape index (κ1) is 18.9. The number of nitrogens with zero attached hydrogens (tertiary/aromatic N) is 2. The van der Waals surface area contributed by atoms with Gasteiger partial charge in [-0.05, 0) is 57.0 Å². The maximum atomic E-state index is 12.6. The summed E-state index contributed by atoms with van der Waals surface area (Å²) < 4.78 is 5.92. The number of pyridine rings is 1. The van der Waals surface area contributed by atoms with Crippen LogP contribution in [0, 0.1) is 13.8 Å². The summed E-state index contributed by atoms with van der Waals surface area (Å²) in [5.41, 5.74) is 2.47. The van der Waals surface area contributed by atoms with Crippen molar-refractivity contribution in [2.24, 2.45) is 0 Å². The molecule has 0 atom stereocenters. The van der Waals surface area contributed by atoms with Crippen molar-refractivity contribution in [3.63, 3.8) is 0 Å². The lowest BCUT2D eigenvalue weighted by atomic mass is 10.0. The maximum absolute atomic E-state index is 12.6. The molecule has 1 heterocycles. The summed E-state index contributed by atoms with van der Waals surface area (Å²) in [5.74, 6) is 0.665. The fourth-order valence-corrected chi connectivity index (χ4v) is 2.81. The molecule has 5 nitrogen and oxygen atoms in total. The van der Waals surface area contributed by atoms with E-state index in [-0.39, 0.29) is 12.5 Å². The van der Waals surface area contributed by atoms with Gasteiger partial charge in [-0.15, -0.1) is 0 Å². The number of ether oxygens (including phenoxy) is 1. The standard InChI is InChI=1S/C20H26N2O3/c1-14-9-17(19(23)22(5)13-20(3,4)24)10-15(2)18(14)25-12-16-7-6-8-21-11-16/h6-11,24H,12-13H2,1-5H3. The minimum Gasteiger partial charge on any atom is -0.488 e. The van der Waals surface area contributed by atoms with Crippen LogP contribution in [0.15, 0.2) is 36.7 Å². The molecule has 1 N–H and O–H groups in total. The van der Waals surface area contributed by atoms with E-state index in [0.29, 0.717) is 12.2 Å². The lowest BCUT2D eigenvalue weighted by Crippen LogP contribution is -2.39. The Morgan fingerprint density at radius 2 is 1.92 bits per heavy atom. The van der Waals surface area contributed by atoms with Crippen LogP contribution in [-0.2, 0) is 6.61 Å². The molecule has 0 radical (unpaired) electrons. The fraction of sp³-hybridized carbons (Fsp3) is 0.400. The Balaban J connectivity index is 2.15. The number of aryl methyl sites for hydroxylation is 2. The van der Waals surface area contributed by atoms with Crippen LogP contribution in [-0.4, -0.2) is 40.1 Å². The molecule has 2 rings (SSSR count). The van der Waals surface area contributed by atoms with Gasteiger partial charge in [-0.25, -0.2) is 0 Å². The third-order valence-electron chi connectivity index (χ3n) is 3.78. The van der Waals surface area contributed by atoms with Gasteiger partial charge < -0.3 is 14.7 Å². The Bertz CT molecular complexity index is 713. The van der Waals surface area contributed by atoms with Crippen LogP contribution in [0.2, 0.25) is 0 Å². The number of aliphatic hydroxyl groups is 1. The zero-order chi connectivity index (χ0) is 18.6. The monoisotopic (exact) mass is 342 g/mol. The fourth-order valence-electron chi connectivity index (χ4n) is 2.81. The molecule has 0 spiro atoms. The summed E-state index contributed by atoms with van der Waals surface area (Å²) in [6.45, 7) is 7.92. The number of likely N-dealkylation sites (N-methyl/N-ethyl adjacent to an activating group) is 1. The summed E-state index contributed by atoms with van der Waals surface area (Å²) in [5, 5.41) is 9.90. The van der Waals surface area contributed by atoms with Crippen LogP contribution >= 0.6 is 0 Å². The Kier molecular flexibility index (Phi) is 5.80. The number of hydrogen-bond donors (Lipinski definition) is 1. The van der Waals surface area contributed by atoms with Crippen molar-refractivity contribution >= 4 is 5.91 Å². The van der Waals surface area contributed by atoms with Crippen molar-refractivity contribution in [2.45, 2.75) is 39.9 Å². The van der Waals surface area contributed by atoms with E-state index in [1.807, 2.05) is 38.1 Å². The molecule has 0 aliphatic heterocycles. The molecule has 5 heteroatoms. The van der Waals surface area contributed by atoms with Crippen LogP contribution in [0.3, 0.4) is 0 Å². The molecule has 1 amide bonds. The smallest absolute Gasteiger partial charge is 0.253 e. The van der Waals surface area contributed by atoms with E-state index in [2.05, 4.69) is 4.98 Å². The highest BCUT2D eigenvalue weighted by atomic mass is 16.5. The second-order valence-corrected chi connectivity index (χ2v) is 7.06. The molecule has 0 bridgehead atoms. The molecule has 0 fully saturated rings. The van der Waals surface area contributed by atoms with Gasteiger partial charge >= 0.3 is 0 Å². The number of rotatable bonds is 6. The zero-order valence-electron chi connectivity index (χ0n) is 15.5. The van der Waals surface area contributed by atoms with Gasteiger partial charge in [0.2, 0.25) is 0 Å². The topological polar surface area (TPSA) is 62.7 Å². The molecule has 0 aliphatic rings. The molecule has 0 unspecified atom stereocenters. The van der Waals surface area contributed by atoms with Crippen LogP contribution < -0.4 is 4.74 Å². The second-order valence-electron chi connectivity index (χ2n) is 7.06. The summed E-state index contributed by atoms with van der Waals surface area (Å²) in [6, 6.07) is 7.49. The van der Waals surface area contributed by atoms with Gasteiger partial charge in [0.1, 0.15) is 12.4 Å². The van der Waals surface area contributed by atoms with Crippen molar-refractivity contribution < 1.29 is 14.6 Å².